The Kier molecular flexibility index (Phi) is 4.52. The number of carbonyl (C=O) groups is 1. The summed E-state index contributed by atoms with van der Waals surface area (Å²) >= 11 is 1.36. The molecule has 0 fully saturated rings. The van der Waals surface area contributed by atoms with Crippen LogP contribution >= 0.6 is 11.8 Å². The lowest BCUT2D eigenvalue weighted by Gasteiger charge is -2.11. The Morgan fingerprint density at radius 2 is 2.05 bits per heavy atom. The SMILES string of the molecule is Cc1ccnc(SCC(C(=O)O)c2ccccc2)n1. The Morgan fingerprint density at radius 1 is 1.32 bits per heavy atom. The predicted octanol–water partition coefficient (Wildman–Crippen LogP) is 2.75. The number of aryl methyl sites for hydroxylation is 1. The topological polar surface area (TPSA) is 63.1 Å². The van der Waals surface area contributed by atoms with Gasteiger partial charge in [0, 0.05) is 17.6 Å². The van der Waals surface area contributed by atoms with Crippen LogP contribution in [0.1, 0.15) is 17.2 Å². The van der Waals surface area contributed by atoms with Crippen LogP contribution in [0, 0.1) is 6.92 Å². The Morgan fingerprint density at radius 3 is 2.68 bits per heavy atom. The lowest BCUT2D eigenvalue weighted by Crippen LogP contribution is -2.14. The molecule has 0 aliphatic rings. The highest BCUT2D eigenvalue weighted by Gasteiger charge is 2.20. The fourth-order valence-corrected chi connectivity index (χ4v) is 2.64. The van der Waals surface area contributed by atoms with Crippen molar-refractivity contribution in [2.45, 2.75) is 18.0 Å². The number of carboxylic acid groups (broad SMARTS) is 1. The van der Waals surface area contributed by atoms with E-state index in [0.717, 1.165) is 11.3 Å². The Labute approximate surface area is 115 Å². The molecule has 0 aliphatic carbocycles. The first kappa shape index (κ1) is 13.5. The largest absolute Gasteiger partial charge is 0.481 e. The van der Waals surface area contributed by atoms with E-state index in [2.05, 4.69) is 9.97 Å². The highest BCUT2D eigenvalue weighted by atomic mass is 32.2. The molecule has 0 amide bonds. The summed E-state index contributed by atoms with van der Waals surface area (Å²) in [4.78, 5) is 19.7. The van der Waals surface area contributed by atoms with Gasteiger partial charge in [-0.05, 0) is 18.6 Å². The number of benzene rings is 1. The summed E-state index contributed by atoms with van der Waals surface area (Å²) in [5.74, 6) is -0.954. The number of rotatable bonds is 5. The van der Waals surface area contributed by atoms with Crippen molar-refractivity contribution in [2.24, 2.45) is 0 Å². The summed E-state index contributed by atoms with van der Waals surface area (Å²) in [7, 11) is 0. The minimum Gasteiger partial charge on any atom is -0.481 e. The number of thioether (sulfide) groups is 1. The van der Waals surface area contributed by atoms with Crippen molar-refractivity contribution in [1.29, 1.82) is 0 Å². The highest BCUT2D eigenvalue weighted by molar-refractivity contribution is 7.99. The molecule has 0 radical (unpaired) electrons. The molecule has 1 unspecified atom stereocenters. The molecular weight excluding hydrogens is 260 g/mol. The van der Waals surface area contributed by atoms with Gasteiger partial charge in [0.05, 0.1) is 5.92 Å². The van der Waals surface area contributed by atoms with Crippen molar-refractivity contribution in [2.75, 3.05) is 5.75 Å². The molecule has 0 saturated heterocycles. The maximum Gasteiger partial charge on any atom is 0.311 e. The van der Waals surface area contributed by atoms with Gasteiger partial charge in [0.1, 0.15) is 0 Å². The standard InChI is InChI=1S/C14H14N2O2S/c1-10-7-8-15-14(16-10)19-9-12(13(17)18)11-5-3-2-4-6-11/h2-8,12H,9H2,1H3,(H,17,18). The van der Waals surface area contributed by atoms with Gasteiger partial charge in [0.15, 0.2) is 5.16 Å². The molecule has 5 heteroatoms. The zero-order valence-corrected chi connectivity index (χ0v) is 11.3. The third kappa shape index (κ3) is 3.79. The second-order valence-corrected chi connectivity index (χ2v) is 5.08. The van der Waals surface area contributed by atoms with Crippen molar-refractivity contribution in [3.05, 3.63) is 53.9 Å². The molecule has 1 atom stereocenters. The summed E-state index contributed by atoms with van der Waals surface area (Å²) < 4.78 is 0. The summed E-state index contributed by atoms with van der Waals surface area (Å²) in [5.41, 5.74) is 1.68. The van der Waals surface area contributed by atoms with Gasteiger partial charge in [0.2, 0.25) is 0 Å². The van der Waals surface area contributed by atoms with Crippen molar-refractivity contribution >= 4 is 17.7 Å². The molecule has 1 N–H and O–H groups in total. The van der Waals surface area contributed by atoms with Crippen LogP contribution in [0.25, 0.3) is 0 Å². The van der Waals surface area contributed by atoms with Gasteiger partial charge in [-0.15, -0.1) is 0 Å². The summed E-state index contributed by atoms with van der Waals surface area (Å²) in [6.07, 6.45) is 1.68. The number of aromatic nitrogens is 2. The third-order valence-corrected chi connectivity index (χ3v) is 3.61. The van der Waals surface area contributed by atoms with Gasteiger partial charge < -0.3 is 5.11 Å². The number of hydrogen-bond donors (Lipinski definition) is 1. The maximum atomic E-state index is 11.3. The summed E-state index contributed by atoms with van der Waals surface area (Å²) in [5, 5.41) is 9.92. The molecule has 2 rings (SSSR count). The molecule has 98 valence electrons. The van der Waals surface area contributed by atoms with Crippen molar-refractivity contribution in [3.8, 4) is 0 Å². The quantitative estimate of drug-likeness (QED) is 0.671. The monoisotopic (exact) mass is 274 g/mol. The Balaban J connectivity index is 2.08. The van der Waals surface area contributed by atoms with Crippen LogP contribution < -0.4 is 0 Å². The highest BCUT2D eigenvalue weighted by Crippen LogP contribution is 2.24. The van der Waals surface area contributed by atoms with E-state index >= 15 is 0 Å². The second kappa shape index (κ2) is 6.33. The molecule has 0 spiro atoms. The van der Waals surface area contributed by atoms with Gasteiger partial charge in [-0.3, -0.25) is 4.79 Å². The van der Waals surface area contributed by atoms with E-state index in [1.807, 2.05) is 43.3 Å². The van der Waals surface area contributed by atoms with Gasteiger partial charge in [-0.2, -0.15) is 0 Å². The first-order valence-corrected chi connectivity index (χ1v) is 6.85. The number of carboxylic acids is 1. The van der Waals surface area contributed by atoms with Crippen LogP contribution in [0.2, 0.25) is 0 Å². The molecule has 1 aromatic heterocycles. The van der Waals surface area contributed by atoms with E-state index in [0.29, 0.717) is 10.9 Å². The molecule has 0 saturated carbocycles. The van der Waals surface area contributed by atoms with Crippen molar-refractivity contribution in [3.63, 3.8) is 0 Å². The Hall–Kier alpha value is -1.88. The van der Waals surface area contributed by atoms with Crippen LogP contribution in [0.3, 0.4) is 0 Å². The normalized spacial score (nSPS) is 12.1. The van der Waals surface area contributed by atoms with Gasteiger partial charge in [0.25, 0.3) is 0 Å². The van der Waals surface area contributed by atoms with Crippen LogP contribution in [-0.2, 0) is 4.79 Å². The molecule has 2 aromatic rings. The smallest absolute Gasteiger partial charge is 0.311 e. The molecule has 1 heterocycles. The first-order chi connectivity index (χ1) is 9.16. The van der Waals surface area contributed by atoms with E-state index in [-0.39, 0.29) is 0 Å². The lowest BCUT2D eigenvalue weighted by molar-refractivity contribution is -0.138. The fourth-order valence-electron chi connectivity index (χ4n) is 1.65. The van der Waals surface area contributed by atoms with E-state index in [1.54, 1.807) is 6.20 Å². The molecule has 1 aromatic carbocycles. The van der Waals surface area contributed by atoms with Crippen LogP contribution in [0.15, 0.2) is 47.8 Å². The zero-order valence-electron chi connectivity index (χ0n) is 10.5. The van der Waals surface area contributed by atoms with Crippen molar-refractivity contribution in [1.82, 2.24) is 9.97 Å². The minimum atomic E-state index is -0.827. The van der Waals surface area contributed by atoms with Gasteiger partial charge >= 0.3 is 5.97 Å². The summed E-state index contributed by atoms with van der Waals surface area (Å²) in [6, 6.07) is 11.0. The van der Waals surface area contributed by atoms with E-state index < -0.39 is 11.9 Å². The van der Waals surface area contributed by atoms with Crippen LogP contribution in [0.5, 0.6) is 0 Å². The van der Waals surface area contributed by atoms with E-state index in [4.69, 9.17) is 0 Å². The molecule has 0 aliphatic heterocycles. The maximum absolute atomic E-state index is 11.3. The number of nitrogens with zero attached hydrogens (tertiary/aromatic N) is 2. The average molecular weight is 274 g/mol. The lowest BCUT2D eigenvalue weighted by atomic mass is 10.0. The van der Waals surface area contributed by atoms with E-state index in [9.17, 15) is 9.90 Å². The van der Waals surface area contributed by atoms with Crippen LogP contribution in [-0.4, -0.2) is 26.8 Å². The fraction of sp³-hybridized carbons (Fsp3) is 0.214. The molecular formula is C14H14N2O2S. The third-order valence-electron chi connectivity index (χ3n) is 2.65. The zero-order chi connectivity index (χ0) is 13.7. The minimum absolute atomic E-state index is 0.419. The van der Waals surface area contributed by atoms with E-state index in [1.165, 1.54) is 11.8 Å². The first-order valence-electron chi connectivity index (χ1n) is 5.87. The molecule has 19 heavy (non-hydrogen) atoms. The van der Waals surface area contributed by atoms with Gasteiger partial charge in [-0.1, -0.05) is 42.1 Å². The van der Waals surface area contributed by atoms with Crippen molar-refractivity contribution < 1.29 is 9.90 Å². The number of hydrogen-bond acceptors (Lipinski definition) is 4. The van der Waals surface area contributed by atoms with Gasteiger partial charge in [-0.25, -0.2) is 9.97 Å². The average Bonchev–Trinajstić information content (AvgIpc) is 2.40. The molecule has 0 bridgehead atoms. The Bertz CT molecular complexity index is 560. The van der Waals surface area contributed by atoms with Crippen LogP contribution in [0.4, 0.5) is 0 Å². The molecule has 4 nitrogen and oxygen atoms in total. The summed E-state index contributed by atoms with van der Waals surface area (Å²) in [6.45, 7) is 1.89. The predicted molar refractivity (Wildman–Crippen MR) is 74.3 cm³/mol. The number of aliphatic carboxylic acids is 1. The second-order valence-electron chi connectivity index (χ2n) is 4.09.